The Morgan fingerprint density at radius 2 is 1.76 bits per heavy atom. The summed E-state index contributed by atoms with van der Waals surface area (Å²) < 4.78 is 13.7. The first-order valence-corrected chi connectivity index (χ1v) is 7.03. The van der Waals surface area contributed by atoms with Gasteiger partial charge >= 0.3 is 0 Å². The highest BCUT2D eigenvalue weighted by molar-refractivity contribution is 5.99. The summed E-state index contributed by atoms with van der Waals surface area (Å²) in [5, 5.41) is 0. The van der Waals surface area contributed by atoms with Crippen molar-refractivity contribution in [2.75, 3.05) is 7.05 Å². The van der Waals surface area contributed by atoms with Gasteiger partial charge in [-0.2, -0.15) is 0 Å². The Morgan fingerprint density at radius 1 is 1.14 bits per heavy atom. The monoisotopic (exact) mass is 285 g/mol. The predicted molar refractivity (Wildman–Crippen MR) is 82.8 cm³/mol. The van der Waals surface area contributed by atoms with Gasteiger partial charge in [-0.25, -0.2) is 4.39 Å². The summed E-state index contributed by atoms with van der Waals surface area (Å²) in [5.41, 5.74) is 2.41. The highest BCUT2D eigenvalue weighted by atomic mass is 19.1. The maximum absolute atomic E-state index is 13.7. The van der Waals surface area contributed by atoms with Gasteiger partial charge < -0.3 is 0 Å². The summed E-state index contributed by atoms with van der Waals surface area (Å²) in [6, 6.07) is 13.9. The number of nitrogens with zero attached hydrogens (tertiary/aromatic N) is 1. The SMILES string of the molecule is Cc1ccc(C(=O)C(C)N(C)Cc2ccccc2F)cc1. The van der Waals surface area contributed by atoms with Crippen LogP contribution in [-0.2, 0) is 6.54 Å². The largest absolute Gasteiger partial charge is 0.292 e. The molecule has 2 nitrogen and oxygen atoms in total. The average Bonchev–Trinajstić information content (AvgIpc) is 2.49. The number of carbonyl (C=O) groups is 1. The molecule has 21 heavy (non-hydrogen) atoms. The molecule has 0 spiro atoms. The molecule has 110 valence electrons. The highest BCUT2D eigenvalue weighted by Crippen LogP contribution is 2.14. The van der Waals surface area contributed by atoms with Crippen molar-refractivity contribution in [2.45, 2.75) is 26.4 Å². The molecule has 0 N–H and O–H groups in total. The minimum Gasteiger partial charge on any atom is -0.292 e. The molecule has 1 unspecified atom stereocenters. The maximum Gasteiger partial charge on any atom is 0.179 e. The fraction of sp³-hybridized carbons (Fsp3) is 0.278. The molecular formula is C18H20FNO. The zero-order valence-electron chi connectivity index (χ0n) is 12.6. The molecule has 0 aliphatic heterocycles. The van der Waals surface area contributed by atoms with E-state index in [2.05, 4.69) is 0 Å². The maximum atomic E-state index is 13.7. The van der Waals surface area contributed by atoms with Gasteiger partial charge in [0.15, 0.2) is 5.78 Å². The van der Waals surface area contributed by atoms with Crippen LogP contribution in [-0.4, -0.2) is 23.8 Å². The first kappa shape index (κ1) is 15.4. The van der Waals surface area contributed by atoms with E-state index in [1.54, 1.807) is 18.2 Å². The lowest BCUT2D eigenvalue weighted by atomic mass is 10.0. The second kappa shape index (κ2) is 6.64. The van der Waals surface area contributed by atoms with Crippen molar-refractivity contribution in [3.63, 3.8) is 0 Å². The molecule has 0 aliphatic carbocycles. The smallest absolute Gasteiger partial charge is 0.179 e. The van der Waals surface area contributed by atoms with Gasteiger partial charge in [-0.15, -0.1) is 0 Å². The third-order valence-electron chi connectivity index (χ3n) is 3.75. The van der Waals surface area contributed by atoms with Crippen LogP contribution in [0.5, 0.6) is 0 Å². The average molecular weight is 285 g/mol. The second-order valence-electron chi connectivity index (χ2n) is 5.41. The number of halogens is 1. The Bertz CT molecular complexity index is 621. The standard InChI is InChI=1S/C18H20FNO/c1-13-8-10-15(11-9-13)18(21)14(2)20(3)12-16-6-4-5-7-17(16)19/h4-11,14H,12H2,1-3H3. The Hall–Kier alpha value is -2.00. The van der Waals surface area contributed by atoms with E-state index in [1.807, 2.05) is 50.1 Å². The van der Waals surface area contributed by atoms with Crippen molar-refractivity contribution in [1.29, 1.82) is 0 Å². The molecule has 0 fully saturated rings. The van der Waals surface area contributed by atoms with E-state index in [1.165, 1.54) is 6.07 Å². The lowest BCUT2D eigenvalue weighted by molar-refractivity contribution is 0.0861. The van der Waals surface area contributed by atoms with Crippen LogP contribution in [0.1, 0.15) is 28.4 Å². The number of likely N-dealkylation sites (N-methyl/N-ethyl adjacent to an activating group) is 1. The first-order valence-electron chi connectivity index (χ1n) is 7.03. The molecule has 3 heteroatoms. The molecule has 0 bridgehead atoms. The van der Waals surface area contributed by atoms with Crippen LogP contribution in [0.3, 0.4) is 0 Å². The summed E-state index contributed by atoms with van der Waals surface area (Å²) in [6.45, 7) is 4.25. The summed E-state index contributed by atoms with van der Waals surface area (Å²) in [6.07, 6.45) is 0. The zero-order chi connectivity index (χ0) is 15.4. The normalized spacial score (nSPS) is 12.4. The van der Waals surface area contributed by atoms with Crippen molar-refractivity contribution in [3.8, 4) is 0 Å². The Morgan fingerprint density at radius 3 is 2.38 bits per heavy atom. The zero-order valence-corrected chi connectivity index (χ0v) is 12.6. The molecule has 2 aromatic carbocycles. The minimum absolute atomic E-state index is 0.0499. The van der Waals surface area contributed by atoms with Gasteiger partial charge in [0.1, 0.15) is 5.82 Å². The lowest BCUT2D eigenvalue weighted by Crippen LogP contribution is -2.35. The van der Waals surface area contributed by atoms with Crippen molar-refractivity contribution < 1.29 is 9.18 Å². The van der Waals surface area contributed by atoms with E-state index in [0.29, 0.717) is 17.7 Å². The number of hydrogen-bond acceptors (Lipinski definition) is 2. The summed E-state index contributed by atoms with van der Waals surface area (Å²) in [5.74, 6) is -0.187. The number of aryl methyl sites for hydroxylation is 1. The second-order valence-corrected chi connectivity index (χ2v) is 5.41. The molecule has 0 radical (unpaired) electrons. The van der Waals surface area contributed by atoms with Crippen LogP contribution < -0.4 is 0 Å². The lowest BCUT2D eigenvalue weighted by Gasteiger charge is -2.24. The summed E-state index contributed by atoms with van der Waals surface area (Å²) in [7, 11) is 1.84. The highest BCUT2D eigenvalue weighted by Gasteiger charge is 2.20. The van der Waals surface area contributed by atoms with Crippen molar-refractivity contribution in [3.05, 3.63) is 71.0 Å². The van der Waals surface area contributed by atoms with Gasteiger partial charge in [0.25, 0.3) is 0 Å². The Labute approximate surface area is 125 Å². The number of Topliss-reactive ketones (excluding diaryl/α,β-unsaturated/α-hetero) is 1. The fourth-order valence-corrected chi connectivity index (χ4v) is 2.19. The van der Waals surface area contributed by atoms with Crippen LogP contribution in [0.4, 0.5) is 4.39 Å². The van der Waals surface area contributed by atoms with E-state index >= 15 is 0 Å². The van der Waals surface area contributed by atoms with E-state index < -0.39 is 0 Å². The van der Waals surface area contributed by atoms with Crippen molar-refractivity contribution in [1.82, 2.24) is 4.90 Å². The summed E-state index contributed by atoms with van der Waals surface area (Å²) in [4.78, 5) is 14.3. The number of benzene rings is 2. The third-order valence-corrected chi connectivity index (χ3v) is 3.75. The molecule has 0 aliphatic rings. The Balaban J connectivity index is 2.08. The molecule has 0 aromatic heterocycles. The molecule has 2 rings (SSSR count). The third kappa shape index (κ3) is 3.76. The van der Waals surface area contributed by atoms with Crippen LogP contribution in [0, 0.1) is 12.7 Å². The van der Waals surface area contributed by atoms with Crippen molar-refractivity contribution in [2.24, 2.45) is 0 Å². The molecule has 2 aromatic rings. The molecule has 0 saturated heterocycles. The summed E-state index contributed by atoms with van der Waals surface area (Å²) >= 11 is 0. The van der Waals surface area contributed by atoms with Crippen LogP contribution >= 0.6 is 0 Å². The van der Waals surface area contributed by atoms with Gasteiger partial charge in [-0.1, -0.05) is 48.0 Å². The van der Waals surface area contributed by atoms with E-state index in [4.69, 9.17) is 0 Å². The minimum atomic E-state index is -0.299. The molecule has 0 heterocycles. The van der Waals surface area contributed by atoms with Gasteiger partial charge in [-0.05, 0) is 27.0 Å². The van der Waals surface area contributed by atoms with Gasteiger partial charge in [-0.3, -0.25) is 9.69 Å². The van der Waals surface area contributed by atoms with Crippen LogP contribution in [0.15, 0.2) is 48.5 Å². The van der Waals surface area contributed by atoms with Crippen LogP contribution in [0.25, 0.3) is 0 Å². The Kier molecular flexibility index (Phi) is 4.86. The van der Waals surface area contributed by atoms with Gasteiger partial charge in [0.05, 0.1) is 6.04 Å². The topological polar surface area (TPSA) is 20.3 Å². The van der Waals surface area contributed by atoms with E-state index in [9.17, 15) is 9.18 Å². The predicted octanol–water partition coefficient (Wildman–Crippen LogP) is 3.84. The van der Waals surface area contributed by atoms with E-state index in [0.717, 1.165) is 5.56 Å². The van der Waals surface area contributed by atoms with Crippen LogP contribution in [0.2, 0.25) is 0 Å². The number of ketones is 1. The molecule has 1 atom stereocenters. The number of rotatable bonds is 5. The van der Waals surface area contributed by atoms with Crippen molar-refractivity contribution >= 4 is 5.78 Å². The molecule has 0 saturated carbocycles. The number of carbonyl (C=O) groups excluding carboxylic acids is 1. The quantitative estimate of drug-likeness (QED) is 0.778. The van der Waals surface area contributed by atoms with Gasteiger partial charge in [0.2, 0.25) is 0 Å². The first-order chi connectivity index (χ1) is 9.99. The van der Waals surface area contributed by atoms with E-state index in [-0.39, 0.29) is 17.6 Å². The fourth-order valence-electron chi connectivity index (χ4n) is 2.19. The molecular weight excluding hydrogens is 265 g/mol. The number of hydrogen-bond donors (Lipinski definition) is 0. The molecule has 0 amide bonds. The van der Waals surface area contributed by atoms with Gasteiger partial charge in [0, 0.05) is 17.7 Å².